The Balaban J connectivity index is 0. The van der Waals surface area contributed by atoms with Crippen LogP contribution in [0.15, 0.2) is 36.2 Å². The molecule has 0 atom stereocenters. The van der Waals surface area contributed by atoms with Gasteiger partial charge >= 0.3 is 0 Å². The molecule has 0 aliphatic rings. The number of hydrogen-bond acceptors (Lipinski definition) is 0. The monoisotopic (exact) mass is 156 g/mol. The quantitative estimate of drug-likeness (QED) is 0.530. The number of rotatable bonds is 2. The molecule has 11 heavy (non-hydrogen) atoms. The maximum absolute atomic E-state index is 12.2. The Hall–Kier alpha value is -0.850. The fourth-order valence-electron chi connectivity index (χ4n) is 0.448. The highest BCUT2D eigenvalue weighted by atomic mass is 19.1. The molecular weight excluding hydrogens is 139 g/mol. The van der Waals surface area contributed by atoms with E-state index >= 15 is 0 Å². The van der Waals surface area contributed by atoms with Crippen molar-refractivity contribution >= 4 is 0 Å². The fourth-order valence-corrected chi connectivity index (χ4v) is 0.448. The Labute approximate surface area is 69.1 Å². The standard InChI is InChI=1S/C8H11F.C2H6/c1-6(2)5-7(3)8(4)9;1-2/h5H,1,4H2,2-3H3;1-2H3/b7-5-;. The summed E-state index contributed by atoms with van der Waals surface area (Å²) in [6.45, 7) is 14.2. The van der Waals surface area contributed by atoms with Gasteiger partial charge in [-0.1, -0.05) is 38.7 Å². The zero-order valence-corrected chi connectivity index (χ0v) is 7.87. The second-order valence-electron chi connectivity index (χ2n) is 2.08. The van der Waals surface area contributed by atoms with E-state index < -0.39 is 5.83 Å². The van der Waals surface area contributed by atoms with Crippen LogP contribution in [0.4, 0.5) is 4.39 Å². The lowest BCUT2D eigenvalue weighted by Gasteiger charge is -1.92. The predicted octanol–water partition coefficient (Wildman–Crippen LogP) is 4.02. The molecule has 0 aliphatic carbocycles. The van der Waals surface area contributed by atoms with Crippen LogP contribution in [0.5, 0.6) is 0 Å². The molecular formula is C10H17F. The first-order valence-corrected chi connectivity index (χ1v) is 3.72. The summed E-state index contributed by atoms with van der Waals surface area (Å²) >= 11 is 0. The first-order valence-electron chi connectivity index (χ1n) is 3.72. The topological polar surface area (TPSA) is 0 Å². The minimum atomic E-state index is -0.391. The zero-order chi connectivity index (χ0) is 9.44. The summed E-state index contributed by atoms with van der Waals surface area (Å²) in [5, 5.41) is 0. The summed E-state index contributed by atoms with van der Waals surface area (Å²) in [6, 6.07) is 0. The number of hydrogen-bond donors (Lipinski definition) is 0. The van der Waals surface area contributed by atoms with E-state index in [9.17, 15) is 4.39 Å². The van der Waals surface area contributed by atoms with Crippen molar-refractivity contribution in [3.05, 3.63) is 36.2 Å². The van der Waals surface area contributed by atoms with Crippen LogP contribution in [-0.2, 0) is 0 Å². The molecule has 64 valence electrons. The second kappa shape index (κ2) is 7.26. The van der Waals surface area contributed by atoms with E-state index in [1.165, 1.54) is 0 Å². The van der Waals surface area contributed by atoms with Crippen molar-refractivity contribution in [3.8, 4) is 0 Å². The van der Waals surface area contributed by atoms with Crippen molar-refractivity contribution in [1.82, 2.24) is 0 Å². The largest absolute Gasteiger partial charge is 0.207 e. The van der Waals surface area contributed by atoms with E-state index in [0.717, 1.165) is 5.57 Å². The molecule has 1 heteroatoms. The fraction of sp³-hybridized carbons (Fsp3) is 0.400. The van der Waals surface area contributed by atoms with Gasteiger partial charge in [0.2, 0.25) is 0 Å². The Kier molecular flexibility index (Phi) is 8.44. The summed E-state index contributed by atoms with van der Waals surface area (Å²) in [5.74, 6) is -0.391. The molecule has 0 aromatic carbocycles. The molecule has 0 bridgehead atoms. The van der Waals surface area contributed by atoms with Crippen LogP contribution in [0.3, 0.4) is 0 Å². The van der Waals surface area contributed by atoms with Gasteiger partial charge in [-0.15, -0.1) is 0 Å². The normalized spacial score (nSPS) is 9.73. The molecule has 0 unspecified atom stereocenters. The summed E-state index contributed by atoms with van der Waals surface area (Å²) in [7, 11) is 0. The minimum Gasteiger partial charge on any atom is -0.207 e. The molecule has 0 amide bonds. The van der Waals surface area contributed by atoms with Gasteiger partial charge in [0.25, 0.3) is 0 Å². The van der Waals surface area contributed by atoms with E-state index in [-0.39, 0.29) is 0 Å². The molecule has 0 rings (SSSR count). The first kappa shape index (κ1) is 12.8. The number of halogens is 1. The zero-order valence-electron chi connectivity index (χ0n) is 7.87. The molecule has 0 heterocycles. The Morgan fingerprint density at radius 1 is 1.18 bits per heavy atom. The van der Waals surface area contributed by atoms with Gasteiger partial charge in [-0.05, 0) is 19.4 Å². The lowest BCUT2D eigenvalue weighted by molar-refractivity contribution is 0.656. The van der Waals surface area contributed by atoms with Gasteiger partial charge < -0.3 is 0 Å². The van der Waals surface area contributed by atoms with E-state index in [2.05, 4.69) is 13.2 Å². The maximum Gasteiger partial charge on any atom is 0.118 e. The highest BCUT2D eigenvalue weighted by Crippen LogP contribution is 2.09. The smallest absolute Gasteiger partial charge is 0.118 e. The van der Waals surface area contributed by atoms with Gasteiger partial charge in [0.1, 0.15) is 5.83 Å². The first-order chi connectivity index (χ1) is 5.04. The summed E-state index contributed by atoms with van der Waals surface area (Å²) in [5.41, 5.74) is 1.38. The van der Waals surface area contributed by atoms with Crippen molar-refractivity contribution in [3.63, 3.8) is 0 Å². The molecule has 0 fully saturated rings. The highest BCUT2D eigenvalue weighted by molar-refractivity contribution is 5.27. The van der Waals surface area contributed by atoms with Crippen LogP contribution in [0.1, 0.15) is 27.7 Å². The van der Waals surface area contributed by atoms with Crippen molar-refractivity contribution in [2.24, 2.45) is 0 Å². The van der Waals surface area contributed by atoms with Crippen LogP contribution < -0.4 is 0 Å². The molecule has 0 saturated heterocycles. The molecule has 0 aliphatic heterocycles. The van der Waals surface area contributed by atoms with Gasteiger partial charge in [-0.25, -0.2) is 4.39 Å². The van der Waals surface area contributed by atoms with Crippen LogP contribution >= 0.6 is 0 Å². The third-order valence-electron chi connectivity index (χ3n) is 0.891. The molecule has 0 aromatic rings. The maximum atomic E-state index is 12.2. The minimum absolute atomic E-state index is 0.391. The van der Waals surface area contributed by atoms with Crippen LogP contribution in [0.25, 0.3) is 0 Å². The lowest BCUT2D eigenvalue weighted by atomic mass is 10.2. The number of allylic oxidation sites excluding steroid dienone is 4. The molecule has 0 saturated carbocycles. The predicted molar refractivity (Wildman–Crippen MR) is 50.2 cm³/mol. The van der Waals surface area contributed by atoms with Crippen molar-refractivity contribution in [2.75, 3.05) is 0 Å². The highest BCUT2D eigenvalue weighted by Gasteiger charge is 1.90. The van der Waals surface area contributed by atoms with Crippen LogP contribution in [-0.4, -0.2) is 0 Å². The van der Waals surface area contributed by atoms with Crippen molar-refractivity contribution < 1.29 is 4.39 Å². The molecule has 0 N–H and O–H groups in total. The average Bonchev–Trinajstić information content (AvgIpc) is 1.90. The summed E-state index contributed by atoms with van der Waals surface area (Å²) in [6.07, 6.45) is 1.66. The van der Waals surface area contributed by atoms with Crippen LogP contribution in [0.2, 0.25) is 0 Å². The SMILES string of the molecule is C=C(C)/C=C(/C)C(=C)F.CC. The van der Waals surface area contributed by atoms with Gasteiger partial charge in [0.15, 0.2) is 0 Å². The lowest BCUT2D eigenvalue weighted by Crippen LogP contribution is -1.74. The van der Waals surface area contributed by atoms with E-state index in [1.54, 1.807) is 13.0 Å². The Morgan fingerprint density at radius 2 is 1.55 bits per heavy atom. The van der Waals surface area contributed by atoms with Crippen LogP contribution in [0, 0.1) is 0 Å². The third kappa shape index (κ3) is 9.15. The second-order valence-corrected chi connectivity index (χ2v) is 2.08. The van der Waals surface area contributed by atoms with E-state index in [4.69, 9.17) is 0 Å². The van der Waals surface area contributed by atoms with Gasteiger partial charge in [-0.3, -0.25) is 0 Å². The molecule has 0 radical (unpaired) electrons. The van der Waals surface area contributed by atoms with Gasteiger partial charge in [0, 0.05) is 0 Å². The van der Waals surface area contributed by atoms with Gasteiger partial charge in [0.05, 0.1) is 0 Å². The average molecular weight is 156 g/mol. The summed E-state index contributed by atoms with van der Waals surface area (Å²) < 4.78 is 12.2. The van der Waals surface area contributed by atoms with E-state index in [1.807, 2.05) is 20.8 Å². The van der Waals surface area contributed by atoms with E-state index in [0.29, 0.717) is 5.57 Å². The summed E-state index contributed by atoms with van der Waals surface area (Å²) in [4.78, 5) is 0. The molecule has 0 nitrogen and oxygen atoms in total. The Morgan fingerprint density at radius 3 is 1.64 bits per heavy atom. The molecule has 0 aromatic heterocycles. The van der Waals surface area contributed by atoms with Gasteiger partial charge in [-0.2, -0.15) is 0 Å². The molecule has 0 spiro atoms. The Bertz CT molecular complexity index is 164. The third-order valence-corrected chi connectivity index (χ3v) is 0.891. The van der Waals surface area contributed by atoms with Crippen molar-refractivity contribution in [2.45, 2.75) is 27.7 Å². The van der Waals surface area contributed by atoms with Crippen molar-refractivity contribution in [1.29, 1.82) is 0 Å².